The number of ether oxygens (including phenoxy) is 1. The fraction of sp³-hybridized carbons (Fsp3) is 0.733. The number of halogens is 2. The second kappa shape index (κ2) is 6.16. The molecule has 1 aromatic heterocycles. The van der Waals surface area contributed by atoms with E-state index in [1.54, 1.807) is 13.3 Å². The number of likely N-dealkylation sites (N-methyl/N-ethyl adjacent to an activating group) is 1. The Kier molecular flexibility index (Phi) is 4.37. The average Bonchev–Trinajstić information content (AvgIpc) is 2.90. The van der Waals surface area contributed by atoms with Crippen molar-refractivity contribution in [2.24, 2.45) is 0 Å². The van der Waals surface area contributed by atoms with Crippen molar-refractivity contribution in [1.82, 2.24) is 14.9 Å². The van der Waals surface area contributed by atoms with Gasteiger partial charge in [0.15, 0.2) is 0 Å². The number of nitrogens with one attached hydrogen (secondary N) is 1. The van der Waals surface area contributed by atoms with Gasteiger partial charge in [0.2, 0.25) is 5.95 Å². The van der Waals surface area contributed by atoms with Crippen LogP contribution in [0, 0.1) is 0 Å². The zero-order valence-electron chi connectivity index (χ0n) is 13.7. The van der Waals surface area contributed by atoms with Gasteiger partial charge in [-0.2, -0.15) is 4.98 Å². The van der Waals surface area contributed by atoms with Gasteiger partial charge in [0.25, 0.3) is 5.92 Å². The Bertz CT molecular complexity index is 548. The van der Waals surface area contributed by atoms with Crippen LogP contribution in [0.25, 0.3) is 0 Å². The molecule has 0 aromatic carbocycles. The highest BCUT2D eigenvalue weighted by Crippen LogP contribution is 2.38. The van der Waals surface area contributed by atoms with E-state index in [1.807, 2.05) is 20.2 Å². The first-order chi connectivity index (χ1) is 10.9. The van der Waals surface area contributed by atoms with E-state index in [-0.39, 0.29) is 31.0 Å². The summed E-state index contributed by atoms with van der Waals surface area (Å²) in [4.78, 5) is 12.9. The van der Waals surface area contributed by atoms with Crippen molar-refractivity contribution in [2.45, 2.75) is 37.0 Å². The van der Waals surface area contributed by atoms with E-state index in [1.165, 1.54) is 0 Å². The highest BCUT2D eigenvalue weighted by Gasteiger charge is 2.45. The lowest BCUT2D eigenvalue weighted by molar-refractivity contribution is -0.0794. The number of aromatic nitrogens is 2. The number of anilines is 2. The molecule has 0 spiro atoms. The van der Waals surface area contributed by atoms with Gasteiger partial charge in [0.05, 0.1) is 12.1 Å². The smallest absolute Gasteiger partial charge is 0.252 e. The van der Waals surface area contributed by atoms with Crippen LogP contribution >= 0.6 is 0 Å². The summed E-state index contributed by atoms with van der Waals surface area (Å²) in [5.74, 6) is -1.35. The molecule has 1 aliphatic carbocycles. The minimum atomic E-state index is -2.55. The van der Waals surface area contributed by atoms with Gasteiger partial charge in [0.1, 0.15) is 5.82 Å². The van der Waals surface area contributed by atoms with Gasteiger partial charge in [-0.25, -0.2) is 13.8 Å². The van der Waals surface area contributed by atoms with E-state index in [4.69, 9.17) is 4.74 Å². The standard InChI is InChI=1S/C15H23F2N5O/c1-21(2)11-8-22(9-12(11)23-3)13-4-5-18-14(20-13)19-10-6-15(16,17)7-10/h4-5,10-12H,6-9H2,1-3H3,(H,18,19,20)/t11-,12+/m0/s1. The molecule has 23 heavy (non-hydrogen) atoms. The van der Waals surface area contributed by atoms with Gasteiger partial charge in [-0.3, -0.25) is 0 Å². The van der Waals surface area contributed by atoms with Crippen molar-refractivity contribution in [3.8, 4) is 0 Å². The zero-order chi connectivity index (χ0) is 16.6. The number of hydrogen-bond acceptors (Lipinski definition) is 6. The Labute approximate surface area is 134 Å². The molecule has 3 rings (SSSR count). The van der Waals surface area contributed by atoms with Crippen LogP contribution in [0.1, 0.15) is 12.8 Å². The van der Waals surface area contributed by atoms with Gasteiger partial charge >= 0.3 is 0 Å². The quantitative estimate of drug-likeness (QED) is 0.883. The van der Waals surface area contributed by atoms with E-state index in [9.17, 15) is 8.78 Å². The van der Waals surface area contributed by atoms with Crippen LogP contribution in [-0.4, -0.2) is 73.3 Å². The Balaban J connectivity index is 1.66. The van der Waals surface area contributed by atoms with Crippen molar-refractivity contribution in [3.05, 3.63) is 12.3 Å². The number of methoxy groups -OCH3 is 1. The Morgan fingerprint density at radius 3 is 2.65 bits per heavy atom. The molecule has 2 aliphatic rings. The van der Waals surface area contributed by atoms with Crippen molar-refractivity contribution in [3.63, 3.8) is 0 Å². The number of alkyl halides is 2. The number of nitrogens with zero attached hydrogens (tertiary/aromatic N) is 4. The van der Waals surface area contributed by atoms with E-state index < -0.39 is 5.92 Å². The molecule has 1 aliphatic heterocycles. The molecule has 2 atom stereocenters. The maximum atomic E-state index is 12.9. The molecule has 0 radical (unpaired) electrons. The summed E-state index contributed by atoms with van der Waals surface area (Å²) < 4.78 is 31.4. The second-order valence-electron chi connectivity index (χ2n) is 6.55. The third-order valence-corrected chi connectivity index (χ3v) is 4.59. The predicted octanol–water partition coefficient (Wildman–Crippen LogP) is 1.45. The van der Waals surface area contributed by atoms with E-state index in [0.717, 1.165) is 18.9 Å². The molecule has 8 heteroatoms. The van der Waals surface area contributed by atoms with Gasteiger partial charge in [0, 0.05) is 45.3 Å². The van der Waals surface area contributed by atoms with Crippen molar-refractivity contribution >= 4 is 11.8 Å². The normalized spacial score (nSPS) is 27.3. The van der Waals surface area contributed by atoms with Crippen molar-refractivity contribution in [1.29, 1.82) is 0 Å². The summed E-state index contributed by atoms with van der Waals surface area (Å²) in [5.41, 5.74) is 0. The summed E-state index contributed by atoms with van der Waals surface area (Å²) in [6.07, 6.45) is 1.46. The molecule has 1 saturated heterocycles. The Hall–Kier alpha value is -1.54. The summed E-state index contributed by atoms with van der Waals surface area (Å²) in [6, 6.07) is 1.88. The molecule has 2 heterocycles. The highest BCUT2D eigenvalue weighted by atomic mass is 19.3. The molecule has 128 valence electrons. The largest absolute Gasteiger partial charge is 0.378 e. The van der Waals surface area contributed by atoms with Crippen LogP contribution in [0.5, 0.6) is 0 Å². The average molecular weight is 327 g/mol. The molecule has 0 unspecified atom stereocenters. The lowest BCUT2D eigenvalue weighted by Gasteiger charge is -2.35. The zero-order valence-corrected chi connectivity index (χ0v) is 13.7. The fourth-order valence-electron chi connectivity index (χ4n) is 3.21. The third kappa shape index (κ3) is 3.53. The summed E-state index contributed by atoms with van der Waals surface area (Å²) >= 11 is 0. The monoisotopic (exact) mass is 327 g/mol. The molecule has 0 bridgehead atoms. The third-order valence-electron chi connectivity index (χ3n) is 4.59. The van der Waals surface area contributed by atoms with Gasteiger partial charge < -0.3 is 19.9 Å². The summed E-state index contributed by atoms with van der Waals surface area (Å²) in [5, 5.41) is 2.99. The first-order valence-electron chi connectivity index (χ1n) is 7.79. The molecule has 1 N–H and O–H groups in total. The molecular weight excluding hydrogens is 304 g/mol. The van der Waals surface area contributed by atoms with Crippen molar-refractivity contribution in [2.75, 3.05) is 44.5 Å². The van der Waals surface area contributed by atoms with E-state index >= 15 is 0 Å². The lowest BCUT2D eigenvalue weighted by atomic mass is 9.88. The number of hydrogen-bond donors (Lipinski definition) is 1. The minimum Gasteiger partial charge on any atom is -0.378 e. The maximum absolute atomic E-state index is 12.9. The van der Waals surface area contributed by atoms with Crippen LogP contribution < -0.4 is 10.2 Å². The van der Waals surface area contributed by atoms with Crippen LogP contribution in [0.3, 0.4) is 0 Å². The fourth-order valence-corrected chi connectivity index (χ4v) is 3.21. The van der Waals surface area contributed by atoms with Crippen LogP contribution in [-0.2, 0) is 4.74 Å². The summed E-state index contributed by atoms with van der Waals surface area (Å²) in [7, 11) is 5.78. The molecule has 1 aromatic rings. The molecule has 1 saturated carbocycles. The highest BCUT2D eigenvalue weighted by molar-refractivity contribution is 5.45. The minimum absolute atomic E-state index is 0.113. The first kappa shape index (κ1) is 16.3. The Morgan fingerprint density at radius 1 is 1.35 bits per heavy atom. The van der Waals surface area contributed by atoms with Crippen LogP contribution in [0.2, 0.25) is 0 Å². The van der Waals surface area contributed by atoms with E-state index in [2.05, 4.69) is 25.1 Å². The lowest BCUT2D eigenvalue weighted by Crippen LogP contribution is -2.44. The number of rotatable bonds is 5. The van der Waals surface area contributed by atoms with Gasteiger partial charge in [-0.1, -0.05) is 0 Å². The van der Waals surface area contributed by atoms with E-state index in [0.29, 0.717) is 5.95 Å². The first-order valence-corrected chi connectivity index (χ1v) is 7.79. The van der Waals surface area contributed by atoms with Crippen molar-refractivity contribution < 1.29 is 13.5 Å². The molecule has 6 nitrogen and oxygen atoms in total. The van der Waals surface area contributed by atoms with Crippen LogP contribution in [0.4, 0.5) is 20.5 Å². The molecule has 2 fully saturated rings. The predicted molar refractivity (Wildman–Crippen MR) is 84.1 cm³/mol. The SMILES string of the molecule is CO[C@@H]1CN(c2ccnc(NC3CC(F)(F)C3)n2)C[C@@H]1N(C)C. The maximum Gasteiger partial charge on any atom is 0.252 e. The topological polar surface area (TPSA) is 53.5 Å². The Morgan fingerprint density at radius 2 is 2.09 bits per heavy atom. The molecular formula is C15H23F2N5O. The van der Waals surface area contributed by atoms with Crippen LogP contribution in [0.15, 0.2) is 12.3 Å². The van der Waals surface area contributed by atoms with Gasteiger partial charge in [-0.15, -0.1) is 0 Å². The molecule has 0 amide bonds. The summed E-state index contributed by atoms with van der Waals surface area (Å²) in [6.45, 7) is 1.56. The second-order valence-corrected chi connectivity index (χ2v) is 6.55. The van der Waals surface area contributed by atoms with Gasteiger partial charge in [-0.05, 0) is 20.2 Å².